The van der Waals surface area contributed by atoms with Crippen LogP contribution in [0.4, 0.5) is 5.69 Å². The second kappa shape index (κ2) is 4.91. The van der Waals surface area contributed by atoms with Gasteiger partial charge in [-0.3, -0.25) is 4.79 Å². The Morgan fingerprint density at radius 2 is 1.94 bits per heavy atom. The Labute approximate surface area is 94.0 Å². The third kappa shape index (κ3) is 3.48. The Morgan fingerprint density at radius 1 is 1.38 bits per heavy atom. The van der Waals surface area contributed by atoms with Crippen LogP contribution in [0, 0.1) is 0 Å². The molecule has 16 heavy (non-hydrogen) atoms. The highest BCUT2D eigenvalue weighted by molar-refractivity contribution is 7.89. The summed E-state index contributed by atoms with van der Waals surface area (Å²) in [5, 5.41) is 7.50. The van der Waals surface area contributed by atoms with Gasteiger partial charge in [-0.05, 0) is 24.3 Å². The molecule has 0 bridgehead atoms. The third-order valence-electron chi connectivity index (χ3n) is 1.80. The van der Waals surface area contributed by atoms with Crippen LogP contribution in [0.2, 0.25) is 0 Å². The highest BCUT2D eigenvalue weighted by Gasteiger charge is 2.07. The summed E-state index contributed by atoms with van der Waals surface area (Å²) in [5.41, 5.74) is 0.513. The average molecular weight is 240 g/mol. The molecule has 0 aliphatic rings. The van der Waals surface area contributed by atoms with Crippen molar-refractivity contribution in [2.75, 3.05) is 5.32 Å². The van der Waals surface area contributed by atoms with Gasteiger partial charge in [-0.15, -0.1) is 6.58 Å². The standard InChI is InChI=1S/C10H12N2O3S/c1-2-3-10(13)12-8-4-6-9(7-5-8)16(11,14)15/h2,4-7H,1,3H2,(H,12,13)(H2,11,14,15). The van der Waals surface area contributed by atoms with Crippen molar-refractivity contribution in [1.29, 1.82) is 0 Å². The quantitative estimate of drug-likeness (QED) is 0.764. The van der Waals surface area contributed by atoms with E-state index < -0.39 is 10.0 Å². The van der Waals surface area contributed by atoms with Gasteiger partial charge in [0.1, 0.15) is 0 Å². The molecule has 0 aliphatic carbocycles. The highest BCUT2D eigenvalue weighted by Crippen LogP contribution is 2.12. The summed E-state index contributed by atoms with van der Waals surface area (Å²) in [7, 11) is -3.69. The van der Waals surface area contributed by atoms with Crippen LogP contribution >= 0.6 is 0 Å². The number of nitrogens with two attached hydrogens (primary N) is 1. The van der Waals surface area contributed by atoms with Gasteiger partial charge < -0.3 is 5.32 Å². The molecule has 0 saturated heterocycles. The molecule has 5 nitrogen and oxygen atoms in total. The molecule has 0 radical (unpaired) electrons. The van der Waals surface area contributed by atoms with E-state index in [4.69, 9.17) is 5.14 Å². The zero-order valence-electron chi connectivity index (χ0n) is 8.51. The van der Waals surface area contributed by atoms with E-state index in [1.54, 1.807) is 0 Å². The molecule has 1 aromatic rings. The van der Waals surface area contributed by atoms with Crippen molar-refractivity contribution in [2.45, 2.75) is 11.3 Å². The molecule has 1 aromatic carbocycles. The fraction of sp³-hybridized carbons (Fsp3) is 0.100. The van der Waals surface area contributed by atoms with E-state index >= 15 is 0 Å². The van der Waals surface area contributed by atoms with E-state index in [9.17, 15) is 13.2 Å². The first-order chi connectivity index (χ1) is 7.43. The van der Waals surface area contributed by atoms with E-state index in [-0.39, 0.29) is 17.2 Å². The van der Waals surface area contributed by atoms with E-state index in [2.05, 4.69) is 11.9 Å². The van der Waals surface area contributed by atoms with Gasteiger partial charge in [-0.25, -0.2) is 13.6 Å². The Morgan fingerprint density at radius 3 is 2.38 bits per heavy atom. The van der Waals surface area contributed by atoms with E-state index in [1.165, 1.54) is 30.3 Å². The van der Waals surface area contributed by atoms with E-state index in [1.807, 2.05) is 0 Å². The number of nitrogens with one attached hydrogen (secondary N) is 1. The summed E-state index contributed by atoms with van der Waals surface area (Å²) in [6, 6.07) is 5.61. The number of sulfonamides is 1. The van der Waals surface area contributed by atoms with Crippen molar-refractivity contribution in [3.05, 3.63) is 36.9 Å². The van der Waals surface area contributed by atoms with Gasteiger partial charge in [0.15, 0.2) is 0 Å². The maximum absolute atomic E-state index is 11.2. The monoisotopic (exact) mass is 240 g/mol. The lowest BCUT2D eigenvalue weighted by molar-refractivity contribution is -0.115. The molecule has 3 N–H and O–H groups in total. The number of primary sulfonamides is 1. The number of rotatable bonds is 4. The maximum atomic E-state index is 11.2. The molecule has 0 atom stereocenters. The Balaban J connectivity index is 2.80. The average Bonchev–Trinajstić information content (AvgIpc) is 2.17. The topological polar surface area (TPSA) is 89.3 Å². The number of carbonyl (C=O) groups excluding carboxylic acids is 1. The fourth-order valence-electron chi connectivity index (χ4n) is 1.07. The summed E-state index contributed by atoms with van der Waals surface area (Å²) in [4.78, 5) is 11.2. The van der Waals surface area contributed by atoms with Crippen LogP contribution in [0.3, 0.4) is 0 Å². The number of anilines is 1. The number of carbonyl (C=O) groups is 1. The van der Waals surface area contributed by atoms with Crippen LogP contribution < -0.4 is 10.5 Å². The summed E-state index contributed by atoms with van der Waals surface area (Å²) >= 11 is 0. The van der Waals surface area contributed by atoms with Crippen molar-refractivity contribution in [1.82, 2.24) is 0 Å². The number of hydrogen-bond donors (Lipinski definition) is 2. The number of benzene rings is 1. The molecule has 0 unspecified atom stereocenters. The van der Waals surface area contributed by atoms with Crippen molar-refractivity contribution < 1.29 is 13.2 Å². The molecule has 0 saturated carbocycles. The molecular formula is C10H12N2O3S. The van der Waals surface area contributed by atoms with Gasteiger partial charge >= 0.3 is 0 Å². The second-order valence-corrected chi connectivity index (χ2v) is 4.67. The summed E-state index contributed by atoms with van der Waals surface area (Å²) < 4.78 is 21.9. The minimum Gasteiger partial charge on any atom is -0.326 e. The molecule has 0 aliphatic heterocycles. The van der Waals surface area contributed by atoms with Crippen molar-refractivity contribution >= 4 is 21.6 Å². The summed E-state index contributed by atoms with van der Waals surface area (Å²) in [6.07, 6.45) is 1.69. The molecule has 0 heterocycles. The lowest BCUT2D eigenvalue weighted by atomic mass is 10.3. The molecule has 6 heteroatoms. The first-order valence-corrected chi connectivity index (χ1v) is 6.02. The normalized spacial score (nSPS) is 10.8. The SMILES string of the molecule is C=CCC(=O)Nc1ccc(S(N)(=O)=O)cc1. The van der Waals surface area contributed by atoms with Gasteiger partial charge in [-0.2, -0.15) is 0 Å². The Hall–Kier alpha value is -1.66. The van der Waals surface area contributed by atoms with Gasteiger partial charge in [0.2, 0.25) is 15.9 Å². The highest BCUT2D eigenvalue weighted by atomic mass is 32.2. The van der Waals surface area contributed by atoms with E-state index in [0.717, 1.165) is 0 Å². The second-order valence-electron chi connectivity index (χ2n) is 3.11. The van der Waals surface area contributed by atoms with Gasteiger partial charge in [0.25, 0.3) is 0 Å². The first-order valence-electron chi connectivity index (χ1n) is 4.47. The Bertz CT molecular complexity index is 491. The zero-order valence-corrected chi connectivity index (χ0v) is 9.33. The smallest absolute Gasteiger partial charge is 0.238 e. The van der Waals surface area contributed by atoms with Crippen LogP contribution in [0.15, 0.2) is 41.8 Å². The van der Waals surface area contributed by atoms with Gasteiger partial charge in [-0.1, -0.05) is 6.08 Å². The minimum atomic E-state index is -3.69. The molecule has 0 aromatic heterocycles. The molecule has 0 fully saturated rings. The lowest BCUT2D eigenvalue weighted by Gasteiger charge is -2.04. The molecule has 1 rings (SSSR count). The maximum Gasteiger partial charge on any atom is 0.238 e. The first kappa shape index (κ1) is 12.4. The van der Waals surface area contributed by atoms with Crippen LogP contribution in [-0.2, 0) is 14.8 Å². The predicted octanol–water partition coefficient (Wildman–Crippen LogP) is 0.849. The van der Waals surface area contributed by atoms with E-state index in [0.29, 0.717) is 5.69 Å². The molecule has 86 valence electrons. The Kier molecular flexibility index (Phi) is 3.81. The minimum absolute atomic E-state index is 0.00854. The number of hydrogen-bond acceptors (Lipinski definition) is 3. The predicted molar refractivity (Wildman–Crippen MR) is 61.3 cm³/mol. The lowest BCUT2D eigenvalue weighted by Crippen LogP contribution is -2.13. The summed E-state index contributed by atoms with van der Waals surface area (Å²) in [5.74, 6) is -0.210. The summed E-state index contributed by atoms with van der Waals surface area (Å²) in [6.45, 7) is 3.43. The fourth-order valence-corrected chi connectivity index (χ4v) is 1.59. The zero-order chi connectivity index (χ0) is 12.2. The van der Waals surface area contributed by atoms with Crippen LogP contribution in [0.1, 0.15) is 6.42 Å². The third-order valence-corrected chi connectivity index (χ3v) is 2.73. The molecular weight excluding hydrogens is 228 g/mol. The van der Waals surface area contributed by atoms with Crippen molar-refractivity contribution in [2.24, 2.45) is 5.14 Å². The van der Waals surface area contributed by atoms with Gasteiger partial charge in [0, 0.05) is 12.1 Å². The molecule has 0 spiro atoms. The molecule has 1 amide bonds. The number of amides is 1. The van der Waals surface area contributed by atoms with Gasteiger partial charge in [0.05, 0.1) is 4.90 Å². The largest absolute Gasteiger partial charge is 0.326 e. The van der Waals surface area contributed by atoms with Crippen molar-refractivity contribution in [3.63, 3.8) is 0 Å². The van der Waals surface area contributed by atoms with Crippen LogP contribution in [0.5, 0.6) is 0 Å². The van der Waals surface area contributed by atoms with Crippen LogP contribution in [0.25, 0.3) is 0 Å². The van der Waals surface area contributed by atoms with Crippen molar-refractivity contribution in [3.8, 4) is 0 Å². The van der Waals surface area contributed by atoms with Crippen LogP contribution in [-0.4, -0.2) is 14.3 Å².